The highest BCUT2D eigenvalue weighted by atomic mass is 32.2. The standard InChI is InChI=1S/C23H27N3O2S2/c1-25-12-14-26(15-13-25)23(21-11-16-29-18-21)17-24-30(27,28)22-9-7-20(8-10-22)19-5-3-2-4-6-19/h2-11,16,18,23-24H,12-15,17H2,1H3/t23-/m1/s1. The zero-order valence-corrected chi connectivity index (χ0v) is 18.7. The number of benzene rings is 2. The molecule has 2 heterocycles. The summed E-state index contributed by atoms with van der Waals surface area (Å²) in [5.74, 6) is 0. The van der Waals surface area contributed by atoms with Crippen LogP contribution < -0.4 is 4.72 Å². The summed E-state index contributed by atoms with van der Waals surface area (Å²) >= 11 is 1.65. The van der Waals surface area contributed by atoms with Gasteiger partial charge < -0.3 is 4.90 Å². The Bertz CT molecular complexity index is 1030. The van der Waals surface area contributed by atoms with Crippen LogP contribution in [0.1, 0.15) is 11.6 Å². The van der Waals surface area contributed by atoms with Crippen molar-refractivity contribution in [3.05, 3.63) is 77.0 Å². The van der Waals surface area contributed by atoms with E-state index in [0.29, 0.717) is 11.4 Å². The maximum atomic E-state index is 13.0. The summed E-state index contributed by atoms with van der Waals surface area (Å²) in [4.78, 5) is 4.98. The molecule has 1 aliphatic rings. The molecule has 0 saturated carbocycles. The molecule has 0 aliphatic carbocycles. The van der Waals surface area contributed by atoms with Gasteiger partial charge in [-0.05, 0) is 52.7 Å². The summed E-state index contributed by atoms with van der Waals surface area (Å²) in [6.07, 6.45) is 0. The minimum Gasteiger partial charge on any atom is -0.304 e. The summed E-state index contributed by atoms with van der Waals surface area (Å²) in [6, 6.07) is 19.2. The number of thiophene rings is 1. The molecule has 30 heavy (non-hydrogen) atoms. The first-order valence-corrected chi connectivity index (χ1v) is 12.6. The van der Waals surface area contributed by atoms with E-state index >= 15 is 0 Å². The molecule has 4 rings (SSSR count). The first-order valence-electron chi connectivity index (χ1n) is 10.1. The van der Waals surface area contributed by atoms with Gasteiger partial charge in [0, 0.05) is 38.8 Å². The Labute approximate surface area is 183 Å². The van der Waals surface area contributed by atoms with Crippen molar-refractivity contribution < 1.29 is 8.42 Å². The second-order valence-electron chi connectivity index (χ2n) is 7.65. The topological polar surface area (TPSA) is 52.6 Å². The van der Waals surface area contributed by atoms with E-state index in [1.165, 1.54) is 5.56 Å². The Hall–Kier alpha value is -2.03. The van der Waals surface area contributed by atoms with Crippen LogP contribution in [0.2, 0.25) is 0 Å². The van der Waals surface area contributed by atoms with Crippen LogP contribution in [-0.2, 0) is 10.0 Å². The molecule has 0 amide bonds. The van der Waals surface area contributed by atoms with Crippen LogP contribution in [-0.4, -0.2) is 58.0 Å². The van der Waals surface area contributed by atoms with Gasteiger partial charge in [0.1, 0.15) is 0 Å². The highest BCUT2D eigenvalue weighted by Gasteiger charge is 2.26. The number of nitrogens with one attached hydrogen (secondary N) is 1. The lowest BCUT2D eigenvalue weighted by Gasteiger charge is -2.37. The Morgan fingerprint density at radius 1 is 0.933 bits per heavy atom. The van der Waals surface area contributed by atoms with E-state index in [2.05, 4.69) is 38.4 Å². The van der Waals surface area contributed by atoms with Gasteiger partial charge in [-0.2, -0.15) is 11.3 Å². The van der Waals surface area contributed by atoms with Crippen molar-refractivity contribution in [3.63, 3.8) is 0 Å². The van der Waals surface area contributed by atoms with Crippen molar-refractivity contribution >= 4 is 21.4 Å². The summed E-state index contributed by atoms with van der Waals surface area (Å²) in [7, 11) is -1.45. The Kier molecular flexibility index (Phi) is 6.65. The highest BCUT2D eigenvalue weighted by Crippen LogP contribution is 2.25. The molecule has 1 fully saturated rings. The van der Waals surface area contributed by atoms with Gasteiger partial charge in [0.2, 0.25) is 10.0 Å². The summed E-state index contributed by atoms with van der Waals surface area (Å²) in [6.45, 7) is 4.22. The molecule has 5 nitrogen and oxygen atoms in total. The zero-order chi connectivity index (χ0) is 21.0. The third kappa shape index (κ3) is 4.99. The second kappa shape index (κ2) is 9.41. The fourth-order valence-electron chi connectivity index (χ4n) is 3.79. The Morgan fingerprint density at radius 3 is 2.23 bits per heavy atom. The molecule has 0 spiro atoms. The molecule has 1 aliphatic heterocycles. The fourth-order valence-corrected chi connectivity index (χ4v) is 5.53. The smallest absolute Gasteiger partial charge is 0.240 e. The molecule has 3 aromatic rings. The predicted molar refractivity (Wildman–Crippen MR) is 123 cm³/mol. The van der Waals surface area contributed by atoms with E-state index in [4.69, 9.17) is 0 Å². The average Bonchev–Trinajstić information content (AvgIpc) is 3.30. The van der Waals surface area contributed by atoms with Gasteiger partial charge in [0.15, 0.2) is 0 Å². The maximum absolute atomic E-state index is 13.0. The first-order chi connectivity index (χ1) is 14.5. The molecule has 1 atom stereocenters. The largest absolute Gasteiger partial charge is 0.304 e. The van der Waals surface area contributed by atoms with E-state index in [9.17, 15) is 8.42 Å². The molecule has 0 unspecified atom stereocenters. The number of rotatable bonds is 7. The number of hydrogen-bond acceptors (Lipinski definition) is 5. The third-order valence-corrected chi connectivity index (χ3v) is 7.79. The fraction of sp³-hybridized carbons (Fsp3) is 0.304. The van der Waals surface area contributed by atoms with Crippen LogP contribution >= 0.6 is 11.3 Å². The number of piperazine rings is 1. The summed E-state index contributed by atoms with van der Waals surface area (Å²) in [5, 5.41) is 4.17. The van der Waals surface area contributed by atoms with Crippen molar-refractivity contribution in [1.82, 2.24) is 14.5 Å². The quantitative estimate of drug-likeness (QED) is 0.608. The minimum atomic E-state index is -3.58. The first kappa shape index (κ1) is 21.2. The van der Waals surface area contributed by atoms with E-state index in [1.54, 1.807) is 23.5 Å². The van der Waals surface area contributed by atoms with Gasteiger partial charge in [-0.1, -0.05) is 42.5 Å². The molecule has 1 N–H and O–H groups in total. The lowest BCUT2D eigenvalue weighted by Crippen LogP contribution is -2.48. The van der Waals surface area contributed by atoms with Crippen molar-refractivity contribution in [3.8, 4) is 11.1 Å². The molecule has 0 radical (unpaired) electrons. The van der Waals surface area contributed by atoms with Crippen molar-refractivity contribution in [1.29, 1.82) is 0 Å². The lowest BCUT2D eigenvalue weighted by atomic mass is 10.1. The van der Waals surface area contributed by atoms with Gasteiger partial charge in [-0.3, -0.25) is 4.90 Å². The minimum absolute atomic E-state index is 0.0447. The normalized spacial score (nSPS) is 17.1. The zero-order valence-electron chi connectivity index (χ0n) is 17.1. The molecule has 2 aromatic carbocycles. The van der Waals surface area contributed by atoms with Crippen molar-refractivity contribution in [2.24, 2.45) is 0 Å². The summed E-state index contributed by atoms with van der Waals surface area (Å²) < 4.78 is 28.8. The van der Waals surface area contributed by atoms with Gasteiger partial charge in [0.25, 0.3) is 0 Å². The van der Waals surface area contributed by atoms with Crippen LogP contribution in [0.5, 0.6) is 0 Å². The molecule has 1 saturated heterocycles. The van der Waals surface area contributed by atoms with E-state index in [1.807, 2.05) is 42.5 Å². The van der Waals surface area contributed by atoms with Crippen LogP contribution in [0.25, 0.3) is 11.1 Å². The van der Waals surface area contributed by atoms with E-state index in [-0.39, 0.29) is 6.04 Å². The Balaban J connectivity index is 1.47. The van der Waals surface area contributed by atoms with Crippen molar-refractivity contribution in [2.45, 2.75) is 10.9 Å². The highest BCUT2D eigenvalue weighted by molar-refractivity contribution is 7.89. The molecule has 7 heteroatoms. The number of nitrogens with zero attached hydrogens (tertiary/aromatic N) is 2. The average molecular weight is 442 g/mol. The molecule has 158 valence electrons. The van der Waals surface area contributed by atoms with Crippen LogP contribution in [0, 0.1) is 0 Å². The predicted octanol–water partition coefficient (Wildman–Crippen LogP) is 3.68. The van der Waals surface area contributed by atoms with Crippen molar-refractivity contribution in [2.75, 3.05) is 39.8 Å². The van der Waals surface area contributed by atoms with Gasteiger partial charge in [-0.25, -0.2) is 13.1 Å². The van der Waals surface area contributed by atoms with Gasteiger partial charge >= 0.3 is 0 Å². The molecule has 0 bridgehead atoms. The van der Waals surface area contributed by atoms with E-state index in [0.717, 1.165) is 37.3 Å². The van der Waals surface area contributed by atoms with Crippen LogP contribution in [0.4, 0.5) is 0 Å². The Morgan fingerprint density at radius 2 is 1.60 bits per heavy atom. The number of likely N-dealkylation sites (N-methyl/N-ethyl adjacent to an activating group) is 1. The van der Waals surface area contributed by atoms with Crippen LogP contribution in [0.15, 0.2) is 76.3 Å². The van der Waals surface area contributed by atoms with Gasteiger partial charge in [-0.15, -0.1) is 0 Å². The van der Waals surface area contributed by atoms with Crippen LogP contribution in [0.3, 0.4) is 0 Å². The third-order valence-electron chi connectivity index (χ3n) is 5.65. The van der Waals surface area contributed by atoms with E-state index < -0.39 is 10.0 Å². The number of hydrogen-bond donors (Lipinski definition) is 1. The van der Waals surface area contributed by atoms with Gasteiger partial charge in [0.05, 0.1) is 4.90 Å². The molecule has 1 aromatic heterocycles. The lowest BCUT2D eigenvalue weighted by molar-refractivity contribution is 0.113. The number of sulfonamides is 1. The maximum Gasteiger partial charge on any atom is 0.240 e. The molecular weight excluding hydrogens is 414 g/mol. The monoisotopic (exact) mass is 441 g/mol. The molecular formula is C23H27N3O2S2. The second-order valence-corrected chi connectivity index (χ2v) is 10.2. The SMILES string of the molecule is CN1CCN([C@H](CNS(=O)(=O)c2ccc(-c3ccccc3)cc2)c2ccsc2)CC1. The summed E-state index contributed by atoms with van der Waals surface area (Å²) in [5.41, 5.74) is 3.25.